The quantitative estimate of drug-likeness (QED) is 0.273. The molecule has 1 saturated carbocycles. The molecule has 9 nitrogen and oxygen atoms in total. The molecule has 2 bridgehead atoms. The molecular formula is C19H19N3O6. The summed E-state index contributed by atoms with van der Waals surface area (Å²) >= 11 is 0. The number of nitrogens with zero attached hydrogens (tertiary/aromatic N) is 3. The highest BCUT2D eigenvalue weighted by Crippen LogP contribution is 2.49. The smallest absolute Gasteiger partial charge is 0.315 e. The van der Waals surface area contributed by atoms with E-state index in [0.717, 1.165) is 23.9 Å². The summed E-state index contributed by atoms with van der Waals surface area (Å²) in [5.41, 5.74) is -0.299. The number of benzene rings is 1. The first-order chi connectivity index (χ1) is 13.4. The number of allylic oxidation sites excluding steroid dienone is 2. The van der Waals surface area contributed by atoms with Crippen molar-refractivity contribution >= 4 is 23.7 Å². The van der Waals surface area contributed by atoms with Crippen LogP contribution in [0.2, 0.25) is 0 Å². The van der Waals surface area contributed by atoms with Crippen molar-refractivity contribution < 1.29 is 24.4 Å². The van der Waals surface area contributed by atoms with E-state index in [4.69, 9.17) is 4.74 Å². The number of hydrogen-bond donors (Lipinski definition) is 1. The Balaban J connectivity index is 1.64. The van der Waals surface area contributed by atoms with Crippen molar-refractivity contribution in [1.82, 2.24) is 5.01 Å². The van der Waals surface area contributed by atoms with Gasteiger partial charge in [0.1, 0.15) is 0 Å². The van der Waals surface area contributed by atoms with E-state index in [2.05, 4.69) is 5.10 Å². The SMILES string of the molecule is CCOc1cc(/C=N\N2C(=O)[C@@H]3[C@@H](C2=O)[C@H]2C=C[C@H]3CC2)cc([N+](=O)[O-])c1O. The van der Waals surface area contributed by atoms with Crippen LogP contribution in [-0.2, 0) is 9.59 Å². The summed E-state index contributed by atoms with van der Waals surface area (Å²) in [7, 11) is 0. The van der Waals surface area contributed by atoms with Crippen LogP contribution in [0, 0.1) is 33.8 Å². The van der Waals surface area contributed by atoms with Crippen LogP contribution in [0.5, 0.6) is 11.5 Å². The first-order valence-corrected chi connectivity index (χ1v) is 9.16. The Morgan fingerprint density at radius 2 is 1.86 bits per heavy atom. The lowest BCUT2D eigenvalue weighted by atomic mass is 9.63. The highest BCUT2D eigenvalue weighted by molar-refractivity contribution is 6.06. The van der Waals surface area contributed by atoms with Crippen molar-refractivity contribution in [3.05, 3.63) is 40.0 Å². The van der Waals surface area contributed by atoms with Crippen LogP contribution in [0.4, 0.5) is 5.69 Å². The lowest BCUT2D eigenvalue weighted by Crippen LogP contribution is -2.38. The molecular weight excluding hydrogens is 366 g/mol. The average molecular weight is 385 g/mol. The normalized spacial score (nSPS) is 28.2. The van der Waals surface area contributed by atoms with Gasteiger partial charge in [-0.2, -0.15) is 10.1 Å². The van der Waals surface area contributed by atoms with E-state index < -0.39 is 16.4 Å². The number of ether oxygens (including phenoxy) is 1. The number of imide groups is 1. The number of nitro benzene ring substituents is 1. The minimum atomic E-state index is -0.737. The molecule has 1 saturated heterocycles. The predicted molar refractivity (Wildman–Crippen MR) is 97.7 cm³/mol. The monoisotopic (exact) mass is 385 g/mol. The van der Waals surface area contributed by atoms with Crippen LogP contribution in [0.25, 0.3) is 0 Å². The Morgan fingerprint density at radius 1 is 1.25 bits per heavy atom. The first kappa shape index (κ1) is 18.1. The highest BCUT2D eigenvalue weighted by Gasteiger charge is 2.56. The molecule has 0 aromatic heterocycles. The second-order valence-corrected chi connectivity index (χ2v) is 7.15. The van der Waals surface area contributed by atoms with Gasteiger partial charge in [0.25, 0.3) is 11.8 Å². The number of carbonyl (C=O) groups is 2. The Bertz CT molecular complexity index is 892. The number of hydrogen-bond acceptors (Lipinski definition) is 7. The number of nitro groups is 1. The fraction of sp³-hybridized carbons (Fsp3) is 0.421. The highest BCUT2D eigenvalue weighted by atomic mass is 16.6. The number of aromatic hydroxyl groups is 1. The maximum atomic E-state index is 12.7. The standard InChI is InChI=1S/C19H19N3O6/c1-2-28-14-8-10(7-13(17(14)23)22(26)27)9-20-21-18(24)15-11-3-4-12(6-5-11)16(15)19(21)25/h3-4,7-9,11-12,15-16,23H,2,5-6H2,1H3/b20-9-/t11-,12-,15-,16-/m0/s1. The summed E-state index contributed by atoms with van der Waals surface area (Å²) in [6, 6.07) is 2.49. The molecule has 1 aromatic rings. The van der Waals surface area contributed by atoms with Crippen LogP contribution >= 0.6 is 0 Å². The second-order valence-electron chi connectivity index (χ2n) is 7.15. The zero-order valence-electron chi connectivity index (χ0n) is 15.1. The number of fused-ring (bicyclic) bond motifs is 1. The van der Waals surface area contributed by atoms with E-state index in [1.807, 2.05) is 12.2 Å². The number of phenolic OH excluding ortho intramolecular Hbond substituents is 1. The van der Waals surface area contributed by atoms with Gasteiger partial charge < -0.3 is 9.84 Å². The number of phenols is 1. The van der Waals surface area contributed by atoms with Crippen molar-refractivity contribution in [3.8, 4) is 11.5 Å². The van der Waals surface area contributed by atoms with Gasteiger partial charge in [0.15, 0.2) is 5.75 Å². The lowest BCUT2D eigenvalue weighted by Gasteiger charge is -2.37. The molecule has 2 amide bonds. The summed E-state index contributed by atoms with van der Waals surface area (Å²) in [4.78, 5) is 35.9. The van der Waals surface area contributed by atoms with Crippen LogP contribution in [0.3, 0.4) is 0 Å². The fourth-order valence-corrected chi connectivity index (χ4v) is 4.39. The molecule has 4 atom stereocenters. The predicted octanol–water partition coefficient (Wildman–Crippen LogP) is 2.23. The Hall–Kier alpha value is -3.23. The molecule has 28 heavy (non-hydrogen) atoms. The lowest BCUT2D eigenvalue weighted by molar-refractivity contribution is -0.386. The number of rotatable bonds is 5. The zero-order valence-corrected chi connectivity index (χ0v) is 15.1. The van der Waals surface area contributed by atoms with Crippen molar-refractivity contribution in [2.24, 2.45) is 28.8 Å². The molecule has 1 aromatic carbocycles. The van der Waals surface area contributed by atoms with Crippen LogP contribution in [-0.4, -0.2) is 39.7 Å². The largest absolute Gasteiger partial charge is 0.500 e. The Morgan fingerprint density at radius 3 is 2.36 bits per heavy atom. The van der Waals surface area contributed by atoms with E-state index in [1.54, 1.807) is 6.92 Å². The molecule has 1 N–H and O–H groups in total. The number of carbonyl (C=O) groups excluding carboxylic acids is 2. The molecule has 0 spiro atoms. The minimum Gasteiger partial charge on any atom is -0.500 e. The molecule has 9 heteroatoms. The molecule has 4 aliphatic rings. The van der Waals surface area contributed by atoms with E-state index in [1.165, 1.54) is 12.3 Å². The third-order valence-electron chi connectivity index (χ3n) is 5.63. The summed E-state index contributed by atoms with van der Waals surface area (Å²) in [5, 5.41) is 26.0. The minimum absolute atomic E-state index is 0.0611. The van der Waals surface area contributed by atoms with Gasteiger partial charge in [-0.15, -0.1) is 0 Å². The molecule has 146 valence electrons. The van der Waals surface area contributed by atoms with Gasteiger partial charge in [-0.1, -0.05) is 12.2 Å². The summed E-state index contributed by atoms with van der Waals surface area (Å²) in [6.07, 6.45) is 7.02. The van der Waals surface area contributed by atoms with Gasteiger partial charge in [0.05, 0.1) is 29.6 Å². The van der Waals surface area contributed by atoms with Crippen molar-refractivity contribution in [2.45, 2.75) is 19.8 Å². The molecule has 1 heterocycles. The van der Waals surface area contributed by atoms with Gasteiger partial charge in [0, 0.05) is 11.6 Å². The van der Waals surface area contributed by atoms with Crippen molar-refractivity contribution in [1.29, 1.82) is 0 Å². The van der Waals surface area contributed by atoms with E-state index in [9.17, 15) is 24.8 Å². The summed E-state index contributed by atoms with van der Waals surface area (Å²) < 4.78 is 5.22. The molecule has 3 aliphatic carbocycles. The van der Waals surface area contributed by atoms with Crippen molar-refractivity contribution in [3.63, 3.8) is 0 Å². The third kappa shape index (κ3) is 2.74. The maximum Gasteiger partial charge on any atom is 0.315 e. The number of amides is 2. The first-order valence-electron chi connectivity index (χ1n) is 9.16. The molecule has 1 aliphatic heterocycles. The van der Waals surface area contributed by atoms with Crippen molar-refractivity contribution in [2.75, 3.05) is 6.61 Å². The second kappa shape index (κ2) is 6.74. The van der Waals surface area contributed by atoms with Gasteiger partial charge in [0.2, 0.25) is 5.75 Å². The fourth-order valence-electron chi connectivity index (χ4n) is 4.39. The maximum absolute atomic E-state index is 12.7. The molecule has 5 rings (SSSR count). The van der Waals surface area contributed by atoms with Crippen LogP contribution in [0.15, 0.2) is 29.4 Å². The number of hydrazone groups is 1. The van der Waals surface area contributed by atoms with Gasteiger partial charge in [-0.05, 0) is 37.7 Å². The Labute approximate surface area is 160 Å². The topological polar surface area (TPSA) is 122 Å². The van der Waals surface area contributed by atoms with Crippen LogP contribution < -0.4 is 4.74 Å². The van der Waals surface area contributed by atoms with Crippen LogP contribution in [0.1, 0.15) is 25.3 Å². The molecule has 0 radical (unpaired) electrons. The van der Waals surface area contributed by atoms with E-state index in [-0.39, 0.29) is 53.4 Å². The van der Waals surface area contributed by atoms with Gasteiger partial charge in [-0.25, -0.2) is 0 Å². The van der Waals surface area contributed by atoms with E-state index in [0.29, 0.717) is 0 Å². The van der Waals surface area contributed by atoms with E-state index >= 15 is 0 Å². The zero-order chi connectivity index (χ0) is 20.0. The average Bonchev–Trinajstić information content (AvgIpc) is 2.96. The Kier molecular flexibility index (Phi) is 4.37. The van der Waals surface area contributed by atoms with Gasteiger partial charge in [-0.3, -0.25) is 19.7 Å². The molecule has 2 fully saturated rings. The summed E-state index contributed by atoms with van der Waals surface area (Å²) in [6.45, 7) is 1.88. The van der Waals surface area contributed by atoms with Gasteiger partial charge >= 0.3 is 5.69 Å². The molecule has 0 unspecified atom stereocenters. The summed E-state index contributed by atoms with van der Waals surface area (Å²) in [5.74, 6) is -1.92. The third-order valence-corrected chi connectivity index (χ3v) is 5.63.